The van der Waals surface area contributed by atoms with Crippen LogP contribution in [0.5, 0.6) is 0 Å². The van der Waals surface area contributed by atoms with Crippen LogP contribution in [0.25, 0.3) is 0 Å². The largest absolute Gasteiger partial charge is 0.398 e. The zero-order chi connectivity index (χ0) is 12.8. The van der Waals surface area contributed by atoms with Gasteiger partial charge in [-0.05, 0) is 29.3 Å². The van der Waals surface area contributed by atoms with Crippen LogP contribution in [0.1, 0.15) is 16.7 Å². The number of nitrogens with one attached hydrogen (secondary N) is 1. The normalized spacial score (nSPS) is 9.94. The van der Waals surface area contributed by atoms with Crippen LogP contribution in [0.4, 0.5) is 5.69 Å². The molecule has 0 spiro atoms. The van der Waals surface area contributed by atoms with Crippen molar-refractivity contribution in [2.24, 2.45) is 0 Å². The van der Waals surface area contributed by atoms with E-state index < -0.39 is 0 Å². The highest BCUT2D eigenvalue weighted by atomic mass is 14.9. The Morgan fingerprint density at radius 2 is 1.72 bits per heavy atom. The Labute approximate surface area is 107 Å². The van der Waals surface area contributed by atoms with Gasteiger partial charge in [0.1, 0.15) is 0 Å². The molecular formula is C15H15N3. The molecule has 2 aromatic carbocycles. The summed E-state index contributed by atoms with van der Waals surface area (Å²) in [7, 11) is 0. The molecule has 0 bridgehead atoms. The number of nitrogens with two attached hydrogens (primary N) is 1. The molecule has 0 aromatic heterocycles. The van der Waals surface area contributed by atoms with Gasteiger partial charge in [0.15, 0.2) is 0 Å². The first kappa shape index (κ1) is 12.2. The summed E-state index contributed by atoms with van der Waals surface area (Å²) in [6.07, 6.45) is 0. The number of hydrogen-bond donors (Lipinski definition) is 2. The molecule has 0 aliphatic heterocycles. The summed E-state index contributed by atoms with van der Waals surface area (Å²) in [5, 5.41) is 12.0. The quantitative estimate of drug-likeness (QED) is 0.803. The monoisotopic (exact) mass is 237 g/mol. The van der Waals surface area contributed by atoms with Crippen molar-refractivity contribution < 1.29 is 0 Å². The zero-order valence-corrected chi connectivity index (χ0v) is 10.1. The van der Waals surface area contributed by atoms with E-state index in [9.17, 15) is 0 Å². The Morgan fingerprint density at radius 3 is 2.39 bits per heavy atom. The maximum Gasteiger partial charge on any atom is 0.0991 e. The smallest absolute Gasteiger partial charge is 0.0991 e. The molecule has 0 amide bonds. The number of hydrogen-bond acceptors (Lipinski definition) is 3. The molecule has 0 fully saturated rings. The lowest BCUT2D eigenvalue weighted by Crippen LogP contribution is -2.13. The molecule has 3 heteroatoms. The van der Waals surface area contributed by atoms with Gasteiger partial charge in [0, 0.05) is 18.8 Å². The molecule has 3 nitrogen and oxygen atoms in total. The molecule has 0 saturated carbocycles. The molecule has 0 unspecified atom stereocenters. The molecule has 3 N–H and O–H groups in total. The van der Waals surface area contributed by atoms with Crippen molar-refractivity contribution in [2.45, 2.75) is 13.1 Å². The van der Waals surface area contributed by atoms with E-state index in [1.165, 1.54) is 0 Å². The third kappa shape index (κ3) is 3.09. The van der Waals surface area contributed by atoms with E-state index in [0.29, 0.717) is 5.56 Å². The fourth-order valence-electron chi connectivity index (χ4n) is 1.73. The first-order valence-electron chi connectivity index (χ1n) is 5.83. The fourth-order valence-corrected chi connectivity index (χ4v) is 1.73. The molecule has 0 saturated heterocycles. The summed E-state index contributed by atoms with van der Waals surface area (Å²) in [5.41, 5.74) is 9.62. The highest BCUT2D eigenvalue weighted by molar-refractivity contribution is 5.46. The summed E-state index contributed by atoms with van der Waals surface area (Å²) in [6.45, 7) is 1.51. The van der Waals surface area contributed by atoms with Crippen molar-refractivity contribution in [3.63, 3.8) is 0 Å². The standard InChI is InChI=1S/C15H15N3/c16-9-12-5-7-13(8-6-12)10-18-11-14-3-1-2-4-15(14)17/h1-8,18H,10-11,17H2. The van der Waals surface area contributed by atoms with Crippen molar-refractivity contribution in [1.29, 1.82) is 5.26 Å². The second-order valence-corrected chi connectivity index (χ2v) is 4.11. The Balaban J connectivity index is 1.89. The lowest BCUT2D eigenvalue weighted by Gasteiger charge is -2.07. The number of anilines is 1. The third-order valence-electron chi connectivity index (χ3n) is 2.78. The molecule has 2 rings (SSSR count). The Bertz CT molecular complexity index is 553. The first-order valence-corrected chi connectivity index (χ1v) is 5.83. The Kier molecular flexibility index (Phi) is 3.95. The van der Waals surface area contributed by atoms with Crippen LogP contribution in [0, 0.1) is 11.3 Å². The molecule has 18 heavy (non-hydrogen) atoms. The SMILES string of the molecule is N#Cc1ccc(CNCc2ccccc2N)cc1. The van der Waals surface area contributed by atoms with Gasteiger partial charge < -0.3 is 11.1 Å². The Morgan fingerprint density at radius 1 is 1.00 bits per heavy atom. The number of nitrogen functional groups attached to an aromatic ring is 1. The van der Waals surface area contributed by atoms with Crippen LogP contribution in [0.3, 0.4) is 0 Å². The van der Waals surface area contributed by atoms with Crippen LogP contribution in [0.15, 0.2) is 48.5 Å². The maximum absolute atomic E-state index is 8.70. The minimum atomic E-state index is 0.686. The summed E-state index contributed by atoms with van der Waals surface area (Å²) in [5.74, 6) is 0. The van der Waals surface area contributed by atoms with Gasteiger partial charge in [-0.25, -0.2) is 0 Å². The summed E-state index contributed by atoms with van der Waals surface area (Å²) < 4.78 is 0. The van der Waals surface area contributed by atoms with Crippen LogP contribution in [-0.4, -0.2) is 0 Å². The number of nitrogens with zero attached hydrogens (tertiary/aromatic N) is 1. The van der Waals surface area contributed by atoms with Gasteiger partial charge in [0.25, 0.3) is 0 Å². The topological polar surface area (TPSA) is 61.8 Å². The van der Waals surface area contributed by atoms with E-state index in [-0.39, 0.29) is 0 Å². The predicted octanol–water partition coefficient (Wildman–Crippen LogP) is 2.43. The highest BCUT2D eigenvalue weighted by Crippen LogP contribution is 2.10. The van der Waals surface area contributed by atoms with Crippen LogP contribution in [-0.2, 0) is 13.1 Å². The number of benzene rings is 2. The van der Waals surface area contributed by atoms with E-state index >= 15 is 0 Å². The summed E-state index contributed by atoms with van der Waals surface area (Å²) >= 11 is 0. The number of nitriles is 1. The van der Waals surface area contributed by atoms with Gasteiger partial charge in [-0.3, -0.25) is 0 Å². The molecule has 0 aliphatic carbocycles. The van der Waals surface area contributed by atoms with Crippen molar-refractivity contribution in [2.75, 3.05) is 5.73 Å². The van der Waals surface area contributed by atoms with Crippen LogP contribution >= 0.6 is 0 Å². The second-order valence-electron chi connectivity index (χ2n) is 4.11. The van der Waals surface area contributed by atoms with E-state index in [4.69, 9.17) is 11.0 Å². The summed E-state index contributed by atoms with van der Waals surface area (Å²) in [6, 6.07) is 17.5. The lowest BCUT2D eigenvalue weighted by atomic mass is 10.1. The van der Waals surface area contributed by atoms with E-state index in [1.807, 2.05) is 48.5 Å². The van der Waals surface area contributed by atoms with Crippen LogP contribution < -0.4 is 11.1 Å². The van der Waals surface area contributed by atoms with Crippen molar-refractivity contribution in [3.8, 4) is 6.07 Å². The molecule has 2 aromatic rings. The average Bonchev–Trinajstić information content (AvgIpc) is 2.42. The fraction of sp³-hybridized carbons (Fsp3) is 0.133. The van der Waals surface area contributed by atoms with E-state index in [0.717, 1.165) is 29.9 Å². The molecule has 0 heterocycles. The van der Waals surface area contributed by atoms with Gasteiger partial charge in [0.2, 0.25) is 0 Å². The second kappa shape index (κ2) is 5.85. The number of para-hydroxylation sites is 1. The van der Waals surface area contributed by atoms with Gasteiger partial charge in [0.05, 0.1) is 11.6 Å². The minimum Gasteiger partial charge on any atom is -0.398 e. The van der Waals surface area contributed by atoms with Gasteiger partial charge in [-0.15, -0.1) is 0 Å². The molecule has 0 aliphatic rings. The van der Waals surface area contributed by atoms with E-state index in [2.05, 4.69) is 11.4 Å². The molecule has 90 valence electrons. The molecular weight excluding hydrogens is 222 g/mol. The average molecular weight is 237 g/mol. The van der Waals surface area contributed by atoms with Crippen molar-refractivity contribution >= 4 is 5.69 Å². The minimum absolute atomic E-state index is 0.686. The highest BCUT2D eigenvalue weighted by Gasteiger charge is 1.98. The van der Waals surface area contributed by atoms with Gasteiger partial charge >= 0.3 is 0 Å². The Hall–Kier alpha value is -2.31. The predicted molar refractivity (Wildman–Crippen MR) is 72.6 cm³/mol. The first-order chi connectivity index (χ1) is 8.79. The van der Waals surface area contributed by atoms with E-state index in [1.54, 1.807) is 0 Å². The van der Waals surface area contributed by atoms with Crippen LogP contribution in [0.2, 0.25) is 0 Å². The number of rotatable bonds is 4. The maximum atomic E-state index is 8.70. The van der Waals surface area contributed by atoms with Gasteiger partial charge in [-0.1, -0.05) is 30.3 Å². The van der Waals surface area contributed by atoms with Crippen molar-refractivity contribution in [3.05, 3.63) is 65.2 Å². The molecule has 0 atom stereocenters. The lowest BCUT2D eigenvalue weighted by molar-refractivity contribution is 0.694. The van der Waals surface area contributed by atoms with Crippen molar-refractivity contribution in [1.82, 2.24) is 5.32 Å². The molecule has 0 radical (unpaired) electrons. The van der Waals surface area contributed by atoms with Gasteiger partial charge in [-0.2, -0.15) is 5.26 Å². The third-order valence-corrected chi connectivity index (χ3v) is 2.78. The summed E-state index contributed by atoms with van der Waals surface area (Å²) in [4.78, 5) is 0. The zero-order valence-electron chi connectivity index (χ0n) is 10.1.